The number of ether oxygens (including phenoxy) is 1. The number of hydrogen-bond acceptors (Lipinski definition) is 4. The van der Waals surface area contributed by atoms with Gasteiger partial charge in [0.25, 0.3) is 0 Å². The van der Waals surface area contributed by atoms with E-state index >= 15 is 0 Å². The topological polar surface area (TPSA) is 70.7 Å². The molecule has 3 rings (SSSR count). The number of amides is 1. The number of nitrogens with one attached hydrogen (secondary N) is 2. The van der Waals surface area contributed by atoms with E-state index in [1.165, 1.54) is 25.7 Å². The Balaban J connectivity index is 1.69. The quantitative estimate of drug-likeness (QED) is 0.498. The van der Waals surface area contributed by atoms with E-state index in [1.807, 2.05) is 38.2 Å². The van der Waals surface area contributed by atoms with E-state index in [4.69, 9.17) is 17.0 Å². The number of rotatable bonds is 7. The summed E-state index contributed by atoms with van der Waals surface area (Å²) in [5.41, 5.74) is 2.95. The Hall–Kier alpha value is -2.41. The molecule has 0 radical (unpaired) electrons. The Morgan fingerprint density at radius 3 is 2.53 bits per heavy atom. The second-order valence-electron chi connectivity index (χ2n) is 8.02. The number of esters is 1. The first kappa shape index (κ1) is 22.3. The van der Waals surface area contributed by atoms with Crippen LogP contribution in [0.2, 0.25) is 0 Å². The molecule has 1 atom stereocenters. The van der Waals surface area contributed by atoms with Crippen LogP contribution >= 0.6 is 12.2 Å². The summed E-state index contributed by atoms with van der Waals surface area (Å²) in [5, 5.41) is 6.75. The Bertz CT molecular complexity index is 829. The summed E-state index contributed by atoms with van der Waals surface area (Å²) in [7, 11) is 1.82. The molecule has 1 heterocycles. The lowest BCUT2D eigenvalue weighted by Crippen LogP contribution is -2.46. The highest BCUT2D eigenvalue weighted by atomic mass is 32.1. The molecule has 162 valence electrons. The fourth-order valence-corrected chi connectivity index (χ4v) is 4.43. The van der Waals surface area contributed by atoms with Crippen LogP contribution < -0.4 is 10.6 Å². The van der Waals surface area contributed by atoms with Crippen LogP contribution in [-0.4, -0.2) is 35.5 Å². The van der Waals surface area contributed by atoms with E-state index in [0.717, 1.165) is 23.4 Å². The summed E-state index contributed by atoms with van der Waals surface area (Å²) in [6.45, 7) is 3.96. The van der Waals surface area contributed by atoms with Gasteiger partial charge >= 0.3 is 5.97 Å². The van der Waals surface area contributed by atoms with Crippen molar-refractivity contribution in [1.82, 2.24) is 10.2 Å². The molecule has 1 aromatic carbocycles. The predicted octanol–water partition coefficient (Wildman–Crippen LogP) is 4.29. The van der Waals surface area contributed by atoms with Gasteiger partial charge in [-0.05, 0) is 56.1 Å². The number of carbonyl (C=O) groups is 2. The third kappa shape index (κ3) is 5.19. The van der Waals surface area contributed by atoms with E-state index < -0.39 is 0 Å². The van der Waals surface area contributed by atoms with Crippen molar-refractivity contribution in [3.8, 4) is 0 Å². The second-order valence-corrected chi connectivity index (χ2v) is 8.41. The van der Waals surface area contributed by atoms with Gasteiger partial charge in [0.05, 0.1) is 18.2 Å². The summed E-state index contributed by atoms with van der Waals surface area (Å²) < 4.78 is 5.27. The molecular weight excluding hydrogens is 398 g/mol. The molecule has 7 heteroatoms. The van der Waals surface area contributed by atoms with E-state index in [1.54, 1.807) is 11.8 Å². The van der Waals surface area contributed by atoms with Gasteiger partial charge in [0.2, 0.25) is 5.91 Å². The van der Waals surface area contributed by atoms with Crippen molar-refractivity contribution in [3.63, 3.8) is 0 Å². The van der Waals surface area contributed by atoms with Crippen LogP contribution in [0.5, 0.6) is 0 Å². The van der Waals surface area contributed by atoms with Gasteiger partial charge in [-0.15, -0.1) is 0 Å². The van der Waals surface area contributed by atoms with Crippen LogP contribution in [0.25, 0.3) is 0 Å². The van der Waals surface area contributed by atoms with Crippen molar-refractivity contribution >= 4 is 34.9 Å². The van der Waals surface area contributed by atoms with Gasteiger partial charge in [-0.3, -0.25) is 4.79 Å². The highest BCUT2D eigenvalue weighted by molar-refractivity contribution is 7.80. The number of benzene rings is 1. The van der Waals surface area contributed by atoms with Crippen LogP contribution in [0.3, 0.4) is 0 Å². The minimum Gasteiger partial charge on any atom is -0.463 e. The first-order valence-electron chi connectivity index (χ1n) is 10.7. The third-order valence-electron chi connectivity index (χ3n) is 6.03. The molecule has 0 bridgehead atoms. The van der Waals surface area contributed by atoms with E-state index in [0.29, 0.717) is 29.6 Å². The molecule has 1 saturated carbocycles. The average Bonchev–Trinajstić information content (AvgIpc) is 3.24. The molecule has 1 aromatic rings. The zero-order chi connectivity index (χ0) is 21.7. The Morgan fingerprint density at radius 2 is 1.90 bits per heavy atom. The maximum Gasteiger partial charge on any atom is 0.338 e. The number of thiocarbonyl (C=S) groups is 1. The lowest BCUT2D eigenvalue weighted by atomic mass is 9.95. The fourth-order valence-electron chi connectivity index (χ4n) is 4.18. The highest BCUT2D eigenvalue weighted by Gasteiger charge is 2.33. The van der Waals surface area contributed by atoms with Gasteiger partial charge in [0.1, 0.15) is 0 Å². The Kier molecular flexibility index (Phi) is 7.48. The van der Waals surface area contributed by atoms with Gasteiger partial charge in [-0.2, -0.15) is 0 Å². The maximum atomic E-state index is 12.6. The highest BCUT2D eigenvalue weighted by Crippen LogP contribution is 2.32. The molecule has 0 saturated heterocycles. The van der Waals surface area contributed by atoms with Crippen molar-refractivity contribution < 1.29 is 14.3 Å². The van der Waals surface area contributed by atoms with Crippen molar-refractivity contribution in [1.29, 1.82) is 0 Å². The number of carbonyl (C=O) groups excluding carboxylic acids is 2. The van der Waals surface area contributed by atoms with Gasteiger partial charge in [0.15, 0.2) is 5.11 Å². The van der Waals surface area contributed by atoms with Crippen molar-refractivity contribution in [2.45, 2.75) is 58.4 Å². The van der Waals surface area contributed by atoms with Gasteiger partial charge in [0, 0.05) is 24.9 Å². The fraction of sp³-hybridized carbons (Fsp3) is 0.522. The summed E-state index contributed by atoms with van der Waals surface area (Å²) in [6, 6.07) is 7.16. The lowest BCUT2D eigenvalue weighted by Gasteiger charge is -2.35. The Morgan fingerprint density at radius 1 is 1.23 bits per heavy atom. The molecule has 1 amide bonds. The van der Waals surface area contributed by atoms with Crippen LogP contribution in [0.4, 0.5) is 5.69 Å². The largest absolute Gasteiger partial charge is 0.463 e. The molecule has 0 unspecified atom stereocenters. The number of anilines is 1. The molecule has 6 nitrogen and oxygen atoms in total. The van der Waals surface area contributed by atoms with Crippen molar-refractivity contribution in [2.24, 2.45) is 5.92 Å². The predicted molar refractivity (Wildman–Crippen MR) is 122 cm³/mol. The summed E-state index contributed by atoms with van der Waals surface area (Å²) in [5.74, 6) is 0.399. The molecule has 2 N–H and O–H groups in total. The first-order chi connectivity index (χ1) is 14.4. The number of allylic oxidation sites excluding steroid dienone is 1. The second kappa shape index (κ2) is 10.1. The van der Waals surface area contributed by atoms with E-state index in [9.17, 15) is 9.59 Å². The zero-order valence-electron chi connectivity index (χ0n) is 18.0. The summed E-state index contributed by atoms with van der Waals surface area (Å²) >= 11 is 5.42. The molecule has 0 aromatic heterocycles. The minimum atomic E-state index is -0.389. The monoisotopic (exact) mass is 429 g/mol. The molecule has 1 aliphatic heterocycles. The first-order valence-corrected chi connectivity index (χ1v) is 11.1. The molecule has 1 fully saturated rings. The molecular formula is C23H31N3O3S. The van der Waals surface area contributed by atoms with Crippen molar-refractivity contribution in [3.05, 3.63) is 41.1 Å². The number of hydrogen-bond donors (Lipinski definition) is 2. The van der Waals surface area contributed by atoms with Crippen LogP contribution in [0.1, 0.15) is 64.0 Å². The van der Waals surface area contributed by atoms with Gasteiger partial charge in [-0.1, -0.05) is 37.8 Å². The van der Waals surface area contributed by atoms with Crippen LogP contribution in [0.15, 0.2) is 35.5 Å². The Labute approximate surface area is 184 Å². The van der Waals surface area contributed by atoms with Crippen LogP contribution in [0, 0.1) is 5.92 Å². The summed E-state index contributed by atoms with van der Waals surface area (Å²) in [4.78, 5) is 26.6. The SMILES string of the molecule is CCOC(=O)C1=C(C)N(C)C(=S)N[C@@H]1c1ccc(NC(=O)CCC2CCCC2)cc1. The van der Waals surface area contributed by atoms with E-state index in [2.05, 4.69) is 10.6 Å². The van der Waals surface area contributed by atoms with Gasteiger partial charge < -0.3 is 20.3 Å². The molecule has 1 aliphatic carbocycles. The van der Waals surface area contributed by atoms with E-state index in [-0.39, 0.29) is 17.9 Å². The molecule has 2 aliphatic rings. The van der Waals surface area contributed by atoms with Gasteiger partial charge in [-0.25, -0.2) is 4.79 Å². The smallest absolute Gasteiger partial charge is 0.338 e. The molecule has 0 spiro atoms. The number of nitrogens with zero attached hydrogens (tertiary/aromatic N) is 1. The minimum absolute atomic E-state index is 0.0520. The summed E-state index contributed by atoms with van der Waals surface area (Å²) in [6.07, 6.45) is 6.63. The molecule has 30 heavy (non-hydrogen) atoms. The lowest BCUT2D eigenvalue weighted by molar-refractivity contribution is -0.139. The zero-order valence-corrected chi connectivity index (χ0v) is 18.8. The normalized spacial score (nSPS) is 19.6. The average molecular weight is 430 g/mol. The van der Waals surface area contributed by atoms with Crippen LogP contribution in [-0.2, 0) is 14.3 Å². The maximum absolute atomic E-state index is 12.6. The standard InChI is InChI=1S/C23H31N3O3S/c1-4-29-22(28)20-15(2)26(3)23(30)25-21(20)17-10-12-18(13-11-17)24-19(27)14-9-16-7-5-6-8-16/h10-13,16,21H,4-9,14H2,1-3H3,(H,24,27)(H,25,30)/t21-/m1/s1. The van der Waals surface area contributed by atoms with Crippen molar-refractivity contribution in [2.75, 3.05) is 19.0 Å². The third-order valence-corrected chi connectivity index (χ3v) is 6.42.